The number of carbonyl (C=O) groups excluding carboxylic acids is 3. The molecule has 5 rings (SSSR count). The molecule has 1 fully saturated rings. The number of imide groups is 2. The van der Waals surface area contributed by atoms with Gasteiger partial charge in [0.15, 0.2) is 0 Å². The van der Waals surface area contributed by atoms with Gasteiger partial charge in [0.25, 0.3) is 11.8 Å². The largest absolute Gasteiger partial charge is 0.489 e. The van der Waals surface area contributed by atoms with Crippen molar-refractivity contribution in [2.45, 2.75) is 13.0 Å². The maximum absolute atomic E-state index is 14.3. The minimum absolute atomic E-state index is 0.214. The average molecular weight is 541 g/mol. The van der Waals surface area contributed by atoms with Gasteiger partial charge in [-0.25, -0.2) is 14.1 Å². The van der Waals surface area contributed by atoms with Crippen molar-refractivity contribution in [1.29, 1.82) is 0 Å². The van der Waals surface area contributed by atoms with E-state index in [1.165, 1.54) is 12.1 Å². The minimum Gasteiger partial charge on any atom is -0.489 e. The van der Waals surface area contributed by atoms with Gasteiger partial charge in [0.1, 0.15) is 23.7 Å². The Balaban J connectivity index is 1.41. The quantitative estimate of drug-likeness (QED) is 0.220. The van der Waals surface area contributed by atoms with E-state index >= 15 is 0 Å². The molecule has 0 atom stereocenters. The van der Waals surface area contributed by atoms with Gasteiger partial charge >= 0.3 is 6.03 Å². The van der Waals surface area contributed by atoms with E-state index in [4.69, 9.17) is 16.3 Å². The molecule has 8 heteroatoms. The number of halogens is 2. The lowest BCUT2D eigenvalue weighted by Gasteiger charge is -2.26. The summed E-state index contributed by atoms with van der Waals surface area (Å²) in [6.45, 7) is 0.361. The standard InChI is InChI=1S/C31H22ClFN2O4/c32-24-11-10-21(16-22-8-4-5-9-28(22)33)23(17-24)18-27-29(36)34-31(38)35(30(27)37)25-12-14-26(15-13-25)39-19-20-6-2-1-3-7-20/h1-15,17-18H,16,19H2,(H,34,36,38)/b27-18+. The predicted octanol–water partition coefficient (Wildman–Crippen LogP) is 6.32. The number of rotatable bonds is 7. The number of barbiturate groups is 1. The van der Waals surface area contributed by atoms with E-state index in [0.717, 1.165) is 10.5 Å². The van der Waals surface area contributed by atoms with E-state index in [-0.39, 0.29) is 23.5 Å². The summed E-state index contributed by atoms with van der Waals surface area (Å²) in [7, 11) is 0. The van der Waals surface area contributed by atoms with Gasteiger partial charge in [0, 0.05) is 11.4 Å². The van der Waals surface area contributed by atoms with E-state index in [9.17, 15) is 18.8 Å². The SMILES string of the molecule is O=C1NC(=O)N(c2ccc(OCc3ccccc3)cc2)C(=O)/C1=C/c1cc(Cl)ccc1Cc1ccccc1F. The normalized spacial score (nSPS) is 14.5. The Hall–Kier alpha value is -4.75. The summed E-state index contributed by atoms with van der Waals surface area (Å²) in [6.07, 6.45) is 1.59. The molecule has 6 nitrogen and oxygen atoms in total. The summed E-state index contributed by atoms with van der Waals surface area (Å²) in [6, 6.07) is 26.5. The number of nitrogens with zero attached hydrogens (tertiary/aromatic N) is 1. The molecule has 1 aliphatic heterocycles. The zero-order valence-electron chi connectivity index (χ0n) is 20.6. The molecular formula is C31H22ClFN2O4. The summed E-state index contributed by atoms with van der Waals surface area (Å²) in [5.74, 6) is -1.44. The highest BCUT2D eigenvalue weighted by Crippen LogP contribution is 2.27. The summed E-state index contributed by atoms with van der Waals surface area (Å²) < 4.78 is 20.1. The van der Waals surface area contributed by atoms with E-state index in [2.05, 4.69) is 5.32 Å². The van der Waals surface area contributed by atoms with Crippen LogP contribution in [0.3, 0.4) is 0 Å². The van der Waals surface area contributed by atoms with Crippen molar-refractivity contribution in [1.82, 2.24) is 5.32 Å². The Bertz CT molecular complexity index is 1590. The zero-order chi connectivity index (χ0) is 27.4. The van der Waals surface area contributed by atoms with Crippen LogP contribution in [0.15, 0.2) is 103 Å². The van der Waals surface area contributed by atoms with Gasteiger partial charge in [-0.1, -0.05) is 66.2 Å². The molecular weight excluding hydrogens is 519 g/mol. The van der Waals surface area contributed by atoms with Crippen LogP contribution in [0.4, 0.5) is 14.9 Å². The molecule has 0 aromatic heterocycles. The third kappa shape index (κ3) is 5.89. The van der Waals surface area contributed by atoms with Gasteiger partial charge in [-0.15, -0.1) is 0 Å². The number of nitrogens with one attached hydrogen (secondary N) is 1. The van der Waals surface area contributed by atoms with Crippen LogP contribution in [0.25, 0.3) is 6.08 Å². The highest BCUT2D eigenvalue weighted by molar-refractivity contribution is 6.39. The number of benzene rings is 4. The molecule has 1 saturated heterocycles. The minimum atomic E-state index is -0.863. The smallest absolute Gasteiger partial charge is 0.335 e. The number of hydrogen-bond acceptors (Lipinski definition) is 4. The van der Waals surface area contributed by atoms with Crippen molar-refractivity contribution in [2.75, 3.05) is 4.90 Å². The van der Waals surface area contributed by atoms with Crippen LogP contribution in [0.2, 0.25) is 5.02 Å². The molecule has 0 bridgehead atoms. The van der Waals surface area contributed by atoms with E-state index < -0.39 is 17.8 Å². The predicted molar refractivity (Wildman–Crippen MR) is 147 cm³/mol. The first-order valence-corrected chi connectivity index (χ1v) is 12.5. The average Bonchev–Trinajstić information content (AvgIpc) is 2.93. The van der Waals surface area contributed by atoms with Crippen molar-refractivity contribution >= 4 is 41.2 Å². The fourth-order valence-corrected chi connectivity index (χ4v) is 4.37. The number of amides is 4. The number of ether oxygens (including phenoxy) is 1. The van der Waals surface area contributed by atoms with Crippen molar-refractivity contribution in [3.63, 3.8) is 0 Å². The molecule has 0 saturated carbocycles. The molecule has 0 spiro atoms. The number of urea groups is 1. The van der Waals surface area contributed by atoms with Gasteiger partial charge in [-0.3, -0.25) is 14.9 Å². The molecule has 1 heterocycles. The lowest BCUT2D eigenvalue weighted by Crippen LogP contribution is -2.54. The Kier molecular flexibility index (Phi) is 7.52. The summed E-state index contributed by atoms with van der Waals surface area (Å²) in [4.78, 5) is 39.7. The zero-order valence-corrected chi connectivity index (χ0v) is 21.3. The third-order valence-electron chi connectivity index (χ3n) is 6.19. The number of anilines is 1. The summed E-state index contributed by atoms with van der Waals surface area (Å²) in [5, 5.41) is 2.59. The highest BCUT2D eigenvalue weighted by Gasteiger charge is 2.37. The van der Waals surface area contributed by atoms with Crippen LogP contribution in [-0.2, 0) is 22.6 Å². The van der Waals surface area contributed by atoms with Gasteiger partial charge in [-0.05, 0) is 70.8 Å². The van der Waals surface area contributed by atoms with Crippen LogP contribution in [0, 0.1) is 5.82 Å². The highest BCUT2D eigenvalue weighted by atomic mass is 35.5. The van der Waals surface area contributed by atoms with Gasteiger partial charge in [0.2, 0.25) is 0 Å². The Labute approximate surface area is 229 Å². The molecule has 39 heavy (non-hydrogen) atoms. The fraction of sp³-hybridized carbons (Fsp3) is 0.0645. The second kappa shape index (κ2) is 11.3. The van der Waals surface area contributed by atoms with Crippen LogP contribution in [0.5, 0.6) is 5.75 Å². The van der Waals surface area contributed by atoms with Gasteiger partial charge in [0.05, 0.1) is 5.69 Å². The van der Waals surface area contributed by atoms with E-state index in [1.54, 1.807) is 60.7 Å². The van der Waals surface area contributed by atoms with Crippen LogP contribution < -0.4 is 15.0 Å². The molecule has 0 radical (unpaired) electrons. The van der Waals surface area contributed by atoms with Gasteiger partial charge < -0.3 is 4.74 Å². The maximum Gasteiger partial charge on any atom is 0.335 e. The van der Waals surface area contributed by atoms with Crippen LogP contribution in [0.1, 0.15) is 22.3 Å². The lowest BCUT2D eigenvalue weighted by atomic mass is 9.97. The van der Waals surface area contributed by atoms with E-state index in [0.29, 0.717) is 34.1 Å². The van der Waals surface area contributed by atoms with Crippen LogP contribution >= 0.6 is 11.6 Å². The third-order valence-corrected chi connectivity index (χ3v) is 6.43. The topological polar surface area (TPSA) is 75.7 Å². The number of carbonyl (C=O) groups is 3. The monoisotopic (exact) mass is 540 g/mol. The van der Waals surface area contributed by atoms with Crippen LogP contribution in [-0.4, -0.2) is 17.8 Å². The summed E-state index contributed by atoms with van der Waals surface area (Å²) in [5.41, 5.74) is 2.57. The second-order valence-corrected chi connectivity index (χ2v) is 9.27. The Morgan fingerprint density at radius 2 is 1.56 bits per heavy atom. The van der Waals surface area contributed by atoms with E-state index in [1.807, 2.05) is 30.3 Å². The Morgan fingerprint density at radius 1 is 0.846 bits per heavy atom. The van der Waals surface area contributed by atoms with Crippen molar-refractivity contribution in [2.24, 2.45) is 0 Å². The summed E-state index contributed by atoms with van der Waals surface area (Å²) >= 11 is 6.20. The molecule has 0 aliphatic carbocycles. The fourth-order valence-electron chi connectivity index (χ4n) is 4.19. The molecule has 4 amide bonds. The first-order chi connectivity index (χ1) is 18.9. The second-order valence-electron chi connectivity index (χ2n) is 8.84. The maximum atomic E-state index is 14.3. The molecule has 4 aromatic carbocycles. The van der Waals surface area contributed by atoms with Crippen molar-refractivity contribution in [3.05, 3.63) is 136 Å². The Morgan fingerprint density at radius 3 is 2.31 bits per heavy atom. The van der Waals surface area contributed by atoms with Gasteiger partial charge in [-0.2, -0.15) is 0 Å². The molecule has 0 unspecified atom stereocenters. The molecule has 194 valence electrons. The molecule has 4 aromatic rings. The van der Waals surface area contributed by atoms with Crippen molar-refractivity contribution in [3.8, 4) is 5.75 Å². The first-order valence-electron chi connectivity index (χ1n) is 12.1. The number of hydrogen-bond donors (Lipinski definition) is 1. The first kappa shape index (κ1) is 25.9. The molecule has 1 N–H and O–H groups in total. The lowest BCUT2D eigenvalue weighted by molar-refractivity contribution is -0.122. The van der Waals surface area contributed by atoms with Crippen molar-refractivity contribution < 1.29 is 23.5 Å². The molecule has 1 aliphatic rings.